The van der Waals surface area contributed by atoms with Crippen molar-refractivity contribution in [2.24, 2.45) is 0 Å². The Balaban J connectivity index is 2.96. The van der Waals surface area contributed by atoms with Gasteiger partial charge in [-0.3, -0.25) is 9.59 Å². The Morgan fingerprint density at radius 2 is 1.88 bits per heavy atom. The van der Waals surface area contributed by atoms with Gasteiger partial charge in [0.2, 0.25) is 0 Å². The highest BCUT2D eigenvalue weighted by Crippen LogP contribution is 2.21. The van der Waals surface area contributed by atoms with E-state index in [-0.39, 0.29) is 18.0 Å². The molecular weight excluding hydrogens is 224 g/mol. The third kappa shape index (κ3) is 3.38. The smallest absolute Gasteiger partial charge is 0.304 e. The van der Waals surface area contributed by atoms with Crippen molar-refractivity contribution < 1.29 is 14.7 Å². The molecule has 1 atom stereocenters. The third-order valence-corrected chi connectivity index (χ3v) is 2.71. The van der Waals surface area contributed by atoms with E-state index in [0.717, 1.165) is 11.1 Å². The number of carbonyl (C=O) groups is 2. The van der Waals surface area contributed by atoms with Crippen LogP contribution in [0.1, 0.15) is 23.5 Å². The second-order valence-corrected chi connectivity index (χ2v) is 4.00. The summed E-state index contributed by atoms with van der Waals surface area (Å²) in [5.41, 5.74) is 1.82. The van der Waals surface area contributed by atoms with Crippen LogP contribution in [-0.4, -0.2) is 22.6 Å². The van der Waals surface area contributed by atoms with Crippen LogP contribution in [-0.2, 0) is 9.59 Å². The van der Waals surface area contributed by atoms with Gasteiger partial charge in [0.15, 0.2) is 0 Å². The molecule has 0 aromatic heterocycles. The van der Waals surface area contributed by atoms with Gasteiger partial charge >= 0.3 is 5.97 Å². The summed E-state index contributed by atoms with van der Waals surface area (Å²) in [5.74, 6) is -1.66. The molecule has 1 N–H and O–H groups in total. The molecule has 0 saturated heterocycles. The number of ketones is 1. The summed E-state index contributed by atoms with van der Waals surface area (Å²) < 4.78 is 0. The van der Waals surface area contributed by atoms with Gasteiger partial charge in [-0.2, -0.15) is 12.6 Å². The van der Waals surface area contributed by atoms with Crippen molar-refractivity contribution in [3.63, 3.8) is 0 Å². The lowest BCUT2D eigenvalue weighted by molar-refractivity contribution is -0.139. The number of carboxylic acid groups (broad SMARTS) is 1. The summed E-state index contributed by atoms with van der Waals surface area (Å²) in [4.78, 5) is 22.3. The first kappa shape index (κ1) is 12.8. The number of Topliss-reactive ketones (excluding diaryl/α,β-unsaturated/α-hetero) is 1. The topological polar surface area (TPSA) is 54.4 Å². The molecule has 0 amide bonds. The van der Waals surface area contributed by atoms with Crippen LogP contribution in [0.25, 0.3) is 0 Å². The molecular formula is C12H14O3S. The quantitative estimate of drug-likeness (QED) is 0.772. The Labute approximate surface area is 99.9 Å². The fourth-order valence-corrected chi connectivity index (χ4v) is 1.72. The maximum atomic E-state index is 11.6. The van der Waals surface area contributed by atoms with Crippen LogP contribution >= 0.6 is 12.6 Å². The van der Waals surface area contributed by atoms with Gasteiger partial charge in [-0.05, 0) is 12.5 Å². The molecule has 16 heavy (non-hydrogen) atoms. The van der Waals surface area contributed by atoms with Crippen LogP contribution in [0.3, 0.4) is 0 Å². The van der Waals surface area contributed by atoms with Crippen LogP contribution in [0.15, 0.2) is 24.3 Å². The number of hydrogen-bond donors (Lipinski definition) is 2. The first-order valence-corrected chi connectivity index (χ1v) is 5.59. The summed E-state index contributed by atoms with van der Waals surface area (Å²) in [5, 5.41) is 8.77. The molecule has 1 aromatic rings. The Morgan fingerprint density at radius 1 is 1.31 bits per heavy atom. The predicted molar refractivity (Wildman–Crippen MR) is 65.0 cm³/mol. The van der Waals surface area contributed by atoms with Gasteiger partial charge in [0, 0.05) is 5.75 Å². The van der Waals surface area contributed by atoms with Gasteiger partial charge in [-0.15, -0.1) is 0 Å². The molecule has 0 fully saturated rings. The number of benzene rings is 1. The van der Waals surface area contributed by atoms with Crippen molar-refractivity contribution in [3.8, 4) is 0 Å². The number of hydrogen-bond acceptors (Lipinski definition) is 3. The number of carboxylic acids is 1. The lowest BCUT2D eigenvalue weighted by Gasteiger charge is -2.13. The summed E-state index contributed by atoms with van der Waals surface area (Å²) in [6.07, 6.45) is -0.178. The molecule has 1 aromatic carbocycles. The fraction of sp³-hybridized carbons (Fsp3) is 0.333. The minimum Gasteiger partial charge on any atom is -0.481 e. The summed E-state index contributed by atoms with van der Waals surface area (Å²) in [6, 6.07) is 7.33. The van der Waals surface area contributed by atoms with Crippen LogP contribution in [0.5, 0.6) is 0 Å². The average molecular weight is 238 g/mol. The van der Waals surface area contributed by atoms with Gasteiger partial charge in [0.1, 0.15) is 5.78 Å². The van der Waals surface area contributed by atoms with E-state index in [0.29, 0.717) is 0 Å². The van der Waals surface area contributed by atoms with E-state index in [9.17, 15) is 9.59 Å². The molecule has 0 aliphatic heterocycles. The van der Waals surface area contributed by atoms with Crippen LogP contribution in [0.2, 0.25) is 0 Å². The molecule has 0 radical (unpaired) electrons. The molecule has 1 rings (SSSR count). The summed E-state index contributed by atoms with van der Waals surface area (Å²) in [6.45, 7) is 1.94. The summed E-state index contributed by atoms with van der Waals surface area (Å²) in [7, 11) is 0. The molecule has 0 spiro atoms. The highest BCUT2D eigenvalue weighted by molar-refractivity contribution is 7.81. The van der Waals surface area contributed by atoms with E-state index in [1.165, 1.54) is 0 Å². The second kappa shape index (κ2) is 5.70. The third-order valence-electron chi connectivity index (χ3n) is 2.40. The molecule has 0 aliphatic rings. The van der Waals surface area contributed by atoms with Crippen LogP contribution in [0.4, 0.5) is 0 Å². The highest BCUT2D eigenvalue weighted by atomic mass is 32.1. The number of carbonyl (C=O) groups excluding carboxylic acids is 1. The number of aliphatic carboxylic acids is 1. The second-order valence-electron chi connectivity index (χ2n) is 3.69. The minimum atomic E-state index is -0.972. The van der Waals surface area contributed by atoms with E-state index in [1.54, 1.807) is 12.1 Å². The van der Waals surface area contributed by atoms with E-state index < -0.39 is 11.9 Å². The van der Waals surface area contributed by atoms with Crippen molar-refractivity contribution in [3.05, 3.63) is 35.4 Å². The standard InChI is InChI=1S/C12H14O3S/c1-8-2-4-9(5-3-8)10(6-12(14)15)11(13)7-16/h2-5,10,16H,6-7H2,1H3,(H,14,15). The van der Waals surface area contributed by atoms with Crippen molar-refractivity contribution in [2.45, 2.75) is 19.3 Å². The maximum absolute atomic E-state index is 11.6. The predicted octanol–water partition coefficient (Wildman–Crippen LogP) is 2.05. The molecule has 86 valence electrons. The largest absolute Gasteiger partial charge is 0.481 e. The Morgan fingerprint density at radius 3 is 2.31 bits per heavy atom. The fourth-order valence-electron chi connectivity index (χ4n) is 1.50. The molecule has 0 heterocycles. The van der Waals surface area contributed by atoms with Crippen LogP contribution < -0.4 is 0 Å². The number of rotatable bonds is 5. The average Bonchev–Trinajstić information content (AvgIpc) is 2.26. The minimum absolute atomic E-state index is 0.0613. The van der Waals surface area contributed by atoms with Gasteiger partial charge in [0.25, 0.3) is 0 Å². The maximum Gasteiger partial charge on any atom is 0.304 e. The Hall–Kier alpha value is -1.29. The van der Waals surface area contributed by atoms with Crippen molar-refractivity contribution in [1.29, 1.82) is 0 Å². The van der Waals surface area contributed by atoms with Crippen molar-refractivity contribution in [2.75, 3.05) is 5.75 Å². The monoisotopic (exact) mass is 238 g/mol. The molecule has 1 unspecified atom stereocenters. The van der Waals surface area contributed by atoms with E-state index >= 15 is 0 Å². The van der Waals surface area contributed by atoms with Gasteiger partial charge in [0.05, 0.1) is 12.3 Å². The summed E-state index contributed by atoms with van der Waals surface area (Å²) >= 11 is 3.91. The zero-order valence-electron chi connectivity index (χ0n) is 9.01. The Bertz CT molecular complexity index is 384. The van der Waals surface area contributed by atoms with E-state index in [2.05, 4.69) is 12.6 Å². The molecule has 0 saturated carbocycles. The van der Waals surface area contributed by atoms with Gasteiger partial charge < -0.3 is 5.11 Å². The molecule has 0 aliphatic carbocycles. The number of thiol groups is 1. The SMILES string of the molecule is Cc1ccc(C(CC(=O)O)C(=O)CS)cc1. The lowest BCUT2D eigenvalue weighted by Crippen LogP contribution is -2.17. The zero-order chi connectivity index (χ0) is 12.1. The molecule has 4 heteroatoms. The van der Waals surface area contributed by atoms with E-state index in [4.69, 9.17) is 5.11 Å². The first-order valence-electron chi connectivity index (χ1n) is 4.96. The molecule has 3 nitrogen and oxygen atoms in total. The van der Waals surface area contributed by atoms with Gasteiger partial charge in [-0.1, -0.05) is 29.8 Å². The normalized spacial score (nSPS) is 12.1. The lowest BCUT2D eigenvalue weighted by atomic mass is 9.92. The van der Waals surface area contributed by atoms with E-state index in [1.807, 2.05) is 19.1 Å². The van der Waals surface area contributed by atoms with Gasteiger partial charge in [-0.25, -0.2) is 0 Å². The Kier molecular flexibility index (Phi) is 4.55. The molecule has 0 bridgehead atoms. The number of aryl methyl sites for hydroxylation is 1. The zero-order valence-corrected chi connectivity index (χ0v) is 9.91. The van der Waals surface area contributed by atoms with Crippen molar-refractivity contribution in [1.82, 2.24) is 0 Å². The first-order chi connectivity index (χ1) is 7.54. The highest BCUT2D eigenvalue weighted by Gasteiger charge is 2.22. The van der Waals surface area contributed by atoms with Crippen LogP contribution in [0, 0.1) is 6.92 Å². The van der Waals surface area contributed by atoms with Crippen molar-refractivity contribution >= 4 is 24.4 Å².